The molecule has 0 radical (unpaired) electrons. The van der Waals surface area contributed by atoms with Crippen molar-refractivity contribution in [2.24, 2.45) is 5.73 Å². The fraction of sp³-hybridized carbons (Fsp3) is 0.571. The Morgan fingerprint density at radius 1 is 1.06 bits per heavy atom. The Balaban J connectivity index is 2.04. The van der Waals surface area contributed by atoms with Crippen molar-refractivity contribution in [1.29, 1.82) is 0 Å². The largest absolute Gasteiger partial charge is 0.492 e. The number of rotatable bonds is 2. The first kappa shape index (κ1) is 10.5. The molecule has 1 saturated carbocycles. The Morgan fingerprint density at radius 3 is 2.39 bits per heavy atom. The SMILES string of the molecule is COc1c2c(c(C3(N)CC3)c3c1OCC3)OCC2. The van der Waals surface area contributed by atoms with Gasteiger partial charge in [0.05, 0.1) is 20.3 Å². The number of benzene rings is 1. The summed E-state index contributed by atoms with van der Waals surface area (Å²) in [5.41, 5.74) is 9.80. The lowest BCUT2D eigenvalue weighted by molar-refractivity contribution is 0.324. The average Bonchev–Trinajstić information content (AvgIpc) is 2.84. The quantitative estimate of drug-likeness (QED) is 0.860. The molecule has 2 aliphatic heterocycles. The van der Waals surface area contributed by atoms with Gasteiger partial charge in [0.1, 0.15) is 5.75 Å². The molecule has 0 aromatic heterocycles. The standard InChI is InChI=1S/C14H17NO3/c1-16-12-9-3-7-17-11(9)10(14(15)4-5-14)8-2-6-18-13(8)12/h2-7,15H2,1H3. The van der Waals surface area contributed by atoms with Crippen LogP contribution in [-0.2, 0) is 18.4 Å². The van der Waals surface area contributed by atoms with Crippen molar-refractivity contribution in [3.05, 3.63) is 16.7 Å². The first-order valence-electron chi connectivity index (χ1n) is 6.55. The maximum atomic E-state index is 6.43. The fourth-order valence-electron chi connectivity index (χ4n) is 3.19. The third kappa shape index (κ3) is 1.19. The third-order valence-corrected chi connectivity index (χ3v) is 4.24. The molecule has 4 heteroatoms. The molecule has 1 fully saturated rings. The van der Waals surface area contributed by atoms with Crippen LogP contribution in [0.4, 0.5) is 0 Å². The summed E-state index contributed by atoms with van der Waals surface area (Å²) in [6, 6.07) is 0. The second-order valence-corrected chi connectivity index (χ2v) is 5.38. The van der Waals surface area contributed by atoms with Crippen LogP contribution in [0.3, 0.4) is 0 Å². The van der Waals surface area contributed by atoms with E-state index in [1.165, 1.54) is 11.1 Å². The van der Waals surface area contributed by atoms with E-state index in [-0.39, 0.29) is 5.54 Å². The Morgan fingerprint density at radius 2 is 1.72 bits per heavy atom. The number of hydrogen-bond acceptors (Lipinski definition) is 4. The lowest BCUT2D eigenvalue weighted by Gasteiger charge is -2.20. The van der Waals surface area contributed by atoms with E-state index in [9.17, 15) is 0 Å². The summed E-state index contributed by atoms with van der Waals surface area (Å²) in [6.45, 7) is 1.44. The van der Waals surface area contributed by atoms with E-state index in [0.717, 1.165) is 61.7 Å². The van der Waals surface area contributed by atoms with Crippen molar-refractivity contribution in [3.8, 4) is 17.2 Å². The summed E-state index contributed by atoms with van der Waals surface area (Å²) in [7, 11) is 1.70. The molecule has 96 valence electrons. The first-order valence-corrected chi connectivity index (χ1v) is 6.55. The maximum absolute atomic E-state index is 6.43. The number of fused-ring (bicyclic) bond motifs is 2. The number of nitrogens with two attached hydrogens (primary N) is 1. The Kier molecular flexibility index (Phi) is 1.94. The van der Waals surface area contributed by atoms with Gasteiger partial charge in [0.15, 0.2) is 11.5 Å². The van der Waals surface area contributed by atoms with Crippen LogP contribution >= 0.6 is 0 Å². The zero-order chi connectivity index (χ0) is 12.3. The molecule has 4 rings (SSSR count). The molecule has 1 aliphatic carbocycles. The van der Waals surface area contributed by atoms with E-state index in [1.54, 1.807) is 7.11 Å². The molecule has 0 amide bonds. The van der Waals surface area contributed by atoms with Crippen LogP contribution in [0.25, 0.3) is 0 Å². The van der Waals surface area contributed by atoms with Crippen LogP contribution in [-0.4, -0.2) is 20.3 Å². The third-order valence-electron chi connectivity index (χ3n) is 4.24. The molecule has 2 N–H and O–H groups in total. The molecule has 0 spiro atoms. The highest BCUT2D eigenvalue weighted by Crippen LogP contribution is 2.57. The molecule has 0 unspecified atom stereocenters. The normalized spacial score (nSPS) is 21.9. The summed E-state index contributed by atoms with van der Waals surface area (Å²) in [4.78, 5) is 0. The van der Waals surface area contributed by atoms with Gasteiger partial charge in [-0.1, -0.05) is 0 Å². The minimum Gasteiger partial charge on any atom is -0.492 e. The topological polar surface area (TPSA) is 53.7 Å². The van der Waals surface area contributed by atoms with Crippen molar-refractivity contribution in [1.82, 2.24) is 0 Å². The van der Waals surface area contributed by atoms with E-state index < -0.39 is 0 Å². The predicted molar refractivity (Wildman–Crippen MR) is 66.5 cm³/mol. The highest BCUT2D eigenvalue weighted by atomic mass is 16.5. The molecular formula is C14H17NO3. The van der Waals surface area contributed by atoms with E-state index in [4.69, 9.17) is 19.9 Å². The van der Waals surface area contributed by atoms with E-state index in [1.807, 2.05) is 0 Å². The highest BCUT2D eigenvalue weighted by molar-refractivity contribution is 5.68. The average molecular weight is 247 g/mol. The van der Waals surface area contributed by atoms with E-state index in [2.05, 4.69) is 0 Å². The minimum atomic E-state index is -0.182. The Labute approximate surface area is 106 Å². The van der Waals surface area contributed by atoms with Gasteiger partial charge in [0.2, 0.25) is 0 Å². The summed E-state index contributed by atoms with van der Waals surface area (Å²) in [5.74, 6) is 2.76. The summed E-state index contributed by atoms with van der Waals surface area (Å²) >= 11 is 0. The second-order valence-electron chi connectivity index (χ2n) is 5.38. The smallest absolute Gasteiger partial charge is 0.168 e. The second kappa shape index (κ2) is 3.32. The van der Waals surface area contributed by atoms with Crippen LogP contribution < -0.4 is 19.9 Å². The first-order chi connectivity index (χ1) is 8.74. The van der Waals surface area contributed by atoms with Crippen LogP contribution in [0.5, 0.6) is 17.2 Å². The predicted octanol–water partition coefficient (Wildman–Crippen LogP) is 1.51. The van der Waals surface area contributed by atoms with Crippen molar-refractivity contribution >= 4 is 0 Å². The fourth-order valence-corrected chi connectivity index (χ4v) is 3.19. The number of methoxy groups -OCH3 is 1. The van der Waals surface area contributed by atoms with Gasteiger partial charge in [-0.3, -0.25) is 0 Å². The molecule has 0 bridgehead atoms. The molecular weight excluding hydrogens is 230 g/mol. The van der Waals surface area contributed by atoms with Gasteiger partial charge in [0.25, 0.3) is 0 Å². The van der Waals surface area contributed by atoms with Gasteiger partial charge in [-0.05, 0) is 12.8 Å². The zero-order valence-electron chi connectivity index (χ0n) is 10.5. The summed E-state index contributed by atoms with van der Waals surface area (Å²) in [5, 5.41) is 0. The molecule has 1 aromatic carbocycles. The van der Waals surface area contributed by atoms with Gasteiger partial charge < -0.3 is 19.9 Å². The molecule has 0 atom stereocenters. The molecule has 4 nitrogen and oxygen atoms in total. The van der Waals surface area contributed by atoms with Crippen LogP contribution in [0.1, 0.15) is 29.5 Å². The molecule has 2 heterocycles. The summed E-state index contributed by atoms with van der Waals surface area (Å²) < 4.78 is 17.2. The zero-order valence-corrected chi connectivity index (χ0v) is 10.5. The van der Waals surface area contributed by atoms with Gasteiger partial charge in [-0.25, -0.2) is 0 Å². The van der Waals surface area contributed by atoms with Gasteiger partial charge in [0, 0.05) is 35.1 Å². The van der Waals surface area contributed by atoms with Crippen molar-refractivity contribution in [2.75, 3.05) is 20.3 Å². The minimum absolute atomic E-state index is 0.182. The Hall–Kier alpha value is -1.42. The van der Waals surface area contributed by atoms with Crippen LogP contribution in [0.15, 0.2) is 0 Å². The molecule has 0 saturated heterocycles. The highest BCUT2D eigenvalue weighted by Gasteiger charge is 2.47. The number of hydrogen-bond donors (Lipinski definition) is 1. The van der Waals surface area contributed by atoms with E-state index >= 15 is 0 Å². The maximum Gasteiger partial charge on any atom is 0.168 e. The van der Waals surface area contributed by atoms with Gasteiger partial charge in [-0.2, -0.15) is 0 Å². The van der Waals surface area contributed by atoms with Crippen LogP contribution in [0, 0.1) is 0 Å². The van der Waals surface area contributed by atoms with Crippen molar-refractivity contribution in [2.45, 2.75) is 31.2 Å². The molecule has 18 heavy (non-hydrogen) atoms. The molecule has 1 aromatic rings. The van der Waals surface area contributed by atoms with E-state index in [0.29, 0.717) is 0 Å². The van der Waals surface area contributed by atoms with Crippen LogP contribution in [0.2, 0.25) is 0 Å². The van der Waals surface area contributed by atoms with Crippen molar-refractivity contribution < 1.29 is 14.2 Å². The van der Waals surface area contributed by atoms with Crippen molar-refractivity contribution in [3.63, 3.8) is 0 Å². The van der Waals surface area contributed by atoms with Gasteiger partial charge in [-0.15, -0.1) is 0 Å². The number of ether oxygens (including phenoxy) is 3. The summed E-state index contributed by atoms with van der Waals surface area (Å²) in [6.07, 6.45) is 3.89. The van der Waals surface area contributed by atoms with Gasteiger partial charge >= 0.3 is 0 Å². The monoisotopic (exact) mass is 247 g/mol. The lowest BCUT2D eigenvalue weighted by Crippen LogP contribution is -2.21. The molecule has 3 aliphatic rings. The lowest BCUT2D eigenvalue weighted by atomic mass is 9.92. The Bertz CT molecular complexity index is 499.